The molecule has 0 aliphatic rings. The maximum Gasteiger partial charge on any atom is 0.337 e. The van der Waals surface area contributed by atoms with Crippen LogP contribution in [0, 0.1) is 0 Å². The van der Waals surface area contributed by atoms with Gasteiger partial charge in [0.15, 0.2) is 0 Å². The number of rotatable bonds is 6. The van der Waals surface area contributed by atoms with Crippen LogP contribution in [0.4, 0.5) is 5.69 Å². The van der Waals surface area contributed by atoms with Crippen LogP contribution >= 0.6 is 0 Å². The van der Waals surface area contributed by atoms with Crippen LogP contribution in [-0.4, -0.2) is 19.6 Å². The maximum atomic E-state index is 11.5. The standard InChI is InChI=1S/C22H21NO3.C2H7N/c1-25-22(24)18-9-7-16(8-10-18)13-19-14-20(23)11-12-21(19)26-15-17-5-3-2-4-6-17;1-2-3/h2-12,14H,13,15,23H2,1H3;2-3H2,1H3. The third kappa shape index (κ3) is 6.97. The fraction of sp³-hybridized carbons (Fsp3) is 0.208. The van der Waals surface area contributed by atoms with Gasteiger partial charge in [0.25, 0.3) is 0 Å². The lowest BCUT2D eigenvalue weighted by molar-refractivity contribution is 0.0600. The molecule has 0 atom stereocenters. The molecule has 0 spiro atoms. The van der Waals surface area contributed by atoms with Crippen molar-refractivity contribution in [2.45, 2.75) is 20.0 Å². The van der Waals surface area contributed by atoms with Crippen molar-refractivity contribution in [3.05, 3.63) is 95.1 Å². The zero-order valence-electron chi connectivity index (χ0n) is 16.9. The summed E-state index contributed by atoms with van der Waals surface area (Å²) >= 11 is 0. The van der Waals surface area contributed by atoms with E-state index in [1.165, 1.54) is 7.11 Å². The number of hydrogen-bond donors (Lipinski definition) is 2. The van der Waals surface area contributed by atoms with Gasteiger partial charge < -0.3 is 20.9 Å². The Morgan fingerprint density at radius 2 is 1.59 bits per heavy atom. The van der Waals surface area contributed by atoms with Crippen LogP contribution in [0.2, 0.25) is 0 Å². The number of benzene rings is 3. The number of anilines is 1. The topological polar surface area (TPSA) is 87.6 Å². The van der Waals surface area contributed by atoms with E-state index in [4.69, 9.17) is 20.9 Å². The molecule has 5 nitrogen and oxygen atoms in total. The van der Waals surface area contributed by atoms with Gasteiger partial charge in [-0.2, -0.15) is 0 Å². The second-order valence-corrected chi connectivity index (χ2v) is 6.41. The quantitative estimate of drug-likeness (QED) is 0.485. The molecule has 0 aliphatic heterocycles. The van der Waals surface area contributed by atoms with Crippen LogP contribution < -0.4 is 16.2 Å². The largest absolute Gasteiger partial charge is 0.489 e. The Morgan fingerprint density at radius 1 is 0.931 bits per heavy atom. The van der Waals surface area contributed by atoms with E-state index in [-0.39, 0.29) is 5.97 Å². The molecule has 152 valence electrons. The fourth-order valence-electron chi connectivity index (χ4n) is 2.71. The van der Waals surface area contributed by atoms with E-state index < -0.39 is 0 Å². The van der Waals surface area contributed by atoms with E-state index in [9.17, 15) is 4.79 Å². The molecule has 0 unspecified atom stereocenters. The van der Waals surface area contributed by atoms with E-state index in [0.29, 0.717) is 24.3 Å². The average molecular weight is 392 g/mol. The average Bonchev–Trinajstić information content (AvgIpc) is 2.74. The summed E-state index contributed by atoms with van der Waals surface area (Å²) in [4.78, 5) is 11.5. The number of nitrogens with two attached hydrogens (primary N) is 2. The lowest BCUT2D eigenvalue weighted by atomic mass is 10.0. The molecule has 3 aromatic rings. The van der Waals surface area contributed by atoms with E-state index in [0.717, 1.165) is 29.0 Å². The van der Waals surface area contributed by atoms with E-state index in [1.54, 1.807) is 12.1 Å². The first-order chi connectivity index (χ1) is 14.1. The van der Waals surface area contributed by atoms with Gasteiger partial charge in [0, 0.05) is 17.7 Å². The molecule has 0 amide bonds. The van der Waals surface area contributed by atoms with Gasteiger partial charge in [-0.15, -0.1) is 0 Å². The Bertz CT molecular complexity index is 894. The van der Waals surface area contributed by atoms with Crippen molar-refractivity contribution < 1.29 is 14.3 Å². The summed E-state index contributed by atoms with van der Waals surface area (Å²) in [6, 6.07) is 23.0. The van der Waals surface area contributed by atoms with Gasteiger partial charge in [0.1, 0.15) is 12.4 Å². The smallest absolute Gasteiger partial charge is 0.337 e. The highest BCUT2D eigenvalue weighted by atomic mass is 16.5. The summed E-state index contributed by atoms with van der Waals surface area (Å²) in [7, 11) is 1.37. The van der Waals surface area contributed by atoms with Gasteiger partial charge in [-0.25, -0.2) is 4.79 Å². The highest BCUT2D eigenvalue weighted by molar-refractivity contribution is 5.89. The van der Waals surface area contributed by atoms with Crippen molar-refractivity contribution in [1.29, 1.82) is 0 Å². The zero-order chi connectivity index (χ0) is 21.1. The molecule has 0 saturated carbocycles. The summed E-state index contributed by atoms with van der Waals surface area (Å²) in [5, 5.41) is 0. The second kappa shape index (κ2) is 11.5. The summed E-state index contributed by atoms with van der Waals surface area (Å²) < 4.78 is 10.7. The van der Waals surface area contributed by atoms with Crippen molar-refractivity contribution in [3.8, 4) is 5.75 Å². The van der Waals surface area contributed by atoms with Gasteiger partial charge in [0.05, 0.1) is 12.7 Å². The molecule has 3 rings (SSSR count). The normalized spacial score (nSPS) is 9.90. The molecule has 0 aromatic heterocycles. The minimum absolute atomic E-state index is 0.340. The van der Waals surface area contributed by atoms with Crippen molar-refractivity contribution in [2.75, 3.05) is 19.4 Å². The Balaban J connectivity index is 0.000000941. The summed E-state index contributed by atoms with van der Waals surface area (Å²) in [6.07, 6.45) is 0.663. The first-order valence-corrected chi connectivity index (χ1v) is 9.49. The Hall–Kier alpha value is -3.31. The summed E-state index contributed by atoms with van der Waals surface area (Å²) in [5.41, 5.74) is 15.2. The van der Waals surface area contributed by atoms with Crippen LogP contribution in [0.15, 0.2) is 72.8 Å². The predicted molar refractivity (Wildman–Crippen MR) is 117 cm³/mol. The van der Waals surface area contributed by atoms with Crippen LogP contribution in [0.25, 0.3) is 0 Å². The van der Waals surface area contributed by atoms with Crippen LogP contribution in [0.5, 0.6) is 5.75 Å². The summed E-state index contributed by atoms with van der Waals surface area (Å²) in [5.74, 6) is 0.465. The van der Waals surface area contributed by atoms with Crippen molar-refractivity contribution in [1.82, 2.24) is 0 Å². The molecule has 4 N–H and O–H groups in total. The molecule has 29 heavy (non-hydrogen) atoms. The third-order valence-electron chi connectivity index (χ3n) is 4.09. The van der Waals surface area contributed by atoms with E-state index in [2.05, 4.69) is 0 Å². The van der Waals surface area contributed by atoms with Gasteiger partial charge in [-0.3, -0.25) is 0 Å². The molecule has 0 bridgehead atoms. The predicted octanol–water partition coefficient (Wildman–Crippen LogP) is 4.19. The van der Waals surface area contributed by atoms with E-state index >= 15 is 0 Å². The van der Waals surface area contributed by atoms with Crippen LogP contribution in [-0.2, 0) is 17.8 Å². The first kappa shape index (κ1) is 22.0. The van der Waals surface area contributed by atoms with Crippen molar-refractivity contribution >= 4 is 11.7 Å². The van der Waals surface area contributed by atoms with Crippen LogP contribution in [0.1, 0.15) is 34.0 Å². The fourth-order valence-corrected chi connectivity index (χ4v) is 2.71. The van der Waals surface area contributed by atoms with E-state index in [1.807, 2.05) is 67.6 Å². The minimum atomic E-state index is -0.340. The monoisotopic (exact) mass is 392 g/mol. The number of carbonyl (C=O) groups excluding carboxylic acids is 1. The van der Waals surface area contributed by atoms with Gasteiger partial charge in [-0.1, -0.05) is 49.4 Å². The molecule has 0 saturated heterocycles. The zero-order valence-corrected chi connectivity index (χ0v) is 16.9. The number of esters is 1. The Labute approximate surface area is 172 Å². The number of nitrogen functional groups attached to an aromatic ring is 1. The first-order valence-electron chi connectivity index (χ1n) is 9.49. The van der Waals surface area contributed by atoms with Crippen LogP contribution in [0.3, 0.4) is 0 Å². The minimum Gasteiger partial charge on any atom is -0.489 e. The highest BCUT2D eigenvalue weighted by Crippen LogP contribution is 2.25. The molecule has 0 radical (unpaired) electrons. The SMILES string of the molecule is CCN.COC(=O)c1ccc(Cc2cc(N)ccc2OCc2ccccc2)cc1. The lowest BCUT2D eigenvalue weighted by Crippen LogP contribution is -2.02. The molecule has 0 fully saturated rings. The molecular formula is C24H28N2O3. The molecule has 5 heteroatoms. The van der Waals surface area contributed by atoms with Gasteiger partial charge >= 0.3 is 5.97 Å². The number of methoxy groups -OCH3 is 1. The Kier molecular flexibility index (Phi) is 8.73. The van der Waals surface area contributed by atoms with Crippen molar-refractivity contribution in [3.63, 3.8) is 0 Å². The molecule has 3 aromatic carbocycles. The molecule has 0 heterocycles. The third-order valence-corrected chi connectivity index (χ3v) is 4.09. The number of carbonyl (C=O) groups is 1. The molecular weight excluding hydrogens is 364 g/mol. The Morgan fingerprint density at radius 3 is 2.21 bits per heavy atom. The maximum absolute atomic E-state index is 11.5. The second-order valence-electron chi connectivity index (χ2n) is 6.41. The number of ether oxygens (including phenoxy) is 2. The van der Waals surface area contributed by atoms with Gasteiger partial charge in [-0.05, 0) is 48.0 Å². The summed E-state index contributed by atoms with van der Waals surface area (Å²) in [6.45, 7) is 3.15. The van der Waals surface area contributed by atoms with Crippen molar-refractivity contribution in [2.24, 2.45) is 5.73 Å². The lowest BCUT2D eigenvalue weighted by Gasteiger charge is -2.13. The molecule has 0 aliphatic carbocycles. The number of hydrogen-bond acceptors (Lipinski definition) is 5. The van der Waals surface area contributed by atoms with Gasteiger partial charge in [0.2, 0.25) is 0 Å². The highest BCUT2D eigenvalue weighted by Gasteiger charge is 2.09.